The van der Waals surface area contributed by atoms with E-state index in [0.717, 1.165) is 35.5 Å². The molecule has 1 N–H and O–H groups in total. The number of carbonyl (C=O) groups is 1. The highest BCUT2D eigenvalue weighted by atomic mass is 16.5. The number of anilines is 1. The number of nitrogens with zero attached hydrogens (tertiary/aromatic N) is 2. The largest absolute Gasteiger partial charge is 0.450 e. The van der Waals surface area contributed by atoms with Crippen LogP contribution in [0.5, 0.6) is 0 Å². The van der Waals surface area contributed by atoms with Crippen LogP contribution in [-0.4, -0.2) is 42.8 Å². The summed E-state index contributed by atoms with van der Waals surface area (Å²) in [6.45, 7) is 3.12. The molecule has 0 aliphatic carbocycles. The Labute approximate surface area is 154 Å². The van der Waals surface area contributed by atoms with Crippen molar-refractivity contribution >= 4 is 29.6 Å². The van der Waals surface area contributed by atoms with Gasteiger partial charge in [0.25, 0.3) is 0 Å². The Hall–Kier alpha value is -2.79. The molecule has 5 nitrogen and oxygen atoms in total. The Balaban J connectivity index is 1.99. The van der Waals surface area contributed by atoms with Crippen molar-refractivity contribution in [2.45, 2.75) is 13.3 Å². The molecule has 26 heavy (non-hydrogen) atoms. The fraction of sp³-hybridized carbons (Fsp3) is 0.286. The molecule has 0 radical (unpaired) electrons. The molecule has 0 unspecified atom stereocenters. The van der Waals surface area contributed by atoms with E-state index in [1.807, 2.05) is 24.3 Å². The first-order valence-electron chi connectivity index (χ1n) is 8.87. The lowest BCUT2D eigenvalue weighted by atomic mass is 9.96. The number of ether oxygens (including phenoxy) is 1. The van der Waals surface area contributed by atoms with Crippen LogP contribution in [0.3, 0.4) is 0 Å². The van der Waals surface area contributed by atoms with Crippen LogP contribution >= 0.6 is 0 Å². The molecule has 2 heterocycles. The maximum absolute atomic E-state index is 11.8. The number of benzene rings is 1. The van der Waals surface area contributed by atoms with Crippen molar-refractivity contribution in [2.24, 2.45) is 0 Å². The van der Waals surface area contributed by atoms with Gasteiger partial charge in [0.15, 0.2) is 0 Å². The van der Waals surface area contributed by atoms with Gasteiger partial charge in [-0.3, -0.25) is 5.32 Å². The Morgan fingerprint density at radius 2 is 2.15 bits per heavy atom. The number of aromatic nitrogens is 1. The molecule has 0 spiro atoms. The second kappa shape index (κ2) is 8.06. The van der Waals surface area contributed by atoms with Gasteiger partial charge in [-0.15, -0.1) is 0 Å². The zero-order chi connectivity index (χ0) is 18.5. The van der Waals surface area contributed by atoms with Gasteiger partial charge in [-0.2, -0.15) is 0 Å². The SMILES string of the molecule is CCOC(=O)Nc1ccc2c(c1)/C(=C\CCN(C)C)c1cccn1C=C2. The second-order valence-electron chi connectivity index (χ2n) is 6.47. The number of amides is 1. The van der Waals surface area contributed by atoms with Crippen molar-refractivity contribution in [3.63, 3.8) is 0 Å². The maximum Gasteiger partial charge on any atom is 0.411 e. The topological polar surface area (TPSA) is 46.5 Å². The number of carbonyl (C=O) groups excluding carboxylic acids is 1. The zero-order valence-corrected chi connectivity index (χ0v) is 15.5. The summed E-state index contributed by atoms with van der Waals surface area (Å²) in [5.41, 5.74) is 5.27. The van der Waals surface area contributed by atoms with Gasteiger partial charge in [-0.1, -0.05) is 12.1 Å². The van der Waals surface area contributed by atoms with Gasteiger partial charge in [0.2, 0.25) is 0 Å². The first kappa shape index (κ1) is 18.0. The van der Waals surface area contributed by atoms with E-state index >= 15 is 0 Å². The first-order valence-corrected chi connectivity index (χ1v) is 8.87. The van der Waals surface area contributed by atoms with Crippen molar-refractivity contribution in [3.05, 3.63) is 59.4 Å². The summed E-state index contributed by atoms with van der Waals surface area (Å²) in [6, 6.07) is 10.1. The lowest BCUT2D eigenvalue weighted by Crippen LogP contribution is -2.13. The van der Waals surface area contributed by atoms with Crippen LogP contribution in [0.15, 0.2) is 42.6 Å². The summed E-state index contributed by atoms with van der Waals surface area (Å²) in [7, 11) is 4.15. The average Bonchev–Trinajstić information content (AvgIpc) is 3.00. The van der Waals surface area contributed by atoms with Crippen LogP contribution in [0, 0.1) is 0 Å². The highest BCUT2D eigenvalue weighted by Gasteiger charge is 2.16. The van der Waals surface area contributed by atoms with Crippen molar-refractivity contribution in [2.75, 3.05) is 32.6 Å². The van der Waals surface area contributed by atoms with Crippen molar-refractivity contribution in [1.82, 2.24) is 9.47 Å². The number of hydrogen-bond donors (Lipinski definition) is 1. The van der Waals surface area contributed by atoms with Crippen molar-refractivity contribution in [3.8, 4) is 0 Å². The summed E-state index contributed by atoms with van der Waals surface area (Å²) in [5.74, 6) is 0. The number of rotatable bonds is 5. The monoisotopic (exact) mass is 351 g/mol. The van der Waals surface area contributed by atoms with E-state index < -0.39 is 6.09 Å². The number of nitrogens with one attached hydrogen (secondary N) is 1. The third-order valence-corrected chi connectivity index (χ3v) is 4.26. The smallest absolute Gasteiger partial charge is 0.411 e. The van der Waals surface area contributed by atoms with Crippen LogP contribution in [0.1, 0.15) is 30.2 Å². The van der Waals surface area contributed by atoms with Gasteiger partial charge in [0.05, 0.1) is 12.3 Å². The molecular weight excluding hydrogens is 326 g/mol. The number of fused-ring (bicyclic) bond motifs is 2. The van der Waals surface area contributed by atoms with Crippen LogP contribution in [0.2, 0.25) is 0 Å². The fourth-order valence-corrected chi connectivity index (χ4v) is 3.03. The predicted octanol–water partition coefficient (Wildman–Crippen LogP) is 4.38. The first-order chi connectivity index (χ1) is 12.6. The molecule has 136 valence electrons. The maximum atomic E-state index is 11.8. The molecular formula is C21H25N3O2. The quantitative estimate of drug-likeness (QED) is 0.742. The van der Waals surface area contributed by atoms with Crippen LogP contribution in [-0.2, 0) is 4.74 Å². The van der Waals surface area contributed by atoms with Gasteiger partial charge >= 0.3 is 6.09 Å². The van der Waals surface area contributed by atoms with Crippen LogP contribution < -0.4 is 5.32 Å². The van der Waals surface area contributed by atoms with E-state index in [-0.39, 0.29) is 0 Å². The zero-order valence-electron chi connectivity index (χ0n) is 15.5. The molecule has 0 saturated heterocycles. The molecule has 1 aromatic carbocycles. The van der Waals surface area contributed by atoms with Gasteiger partial charge in [-0.05, 0) is 68.9 Å². The Bertz CT molecular complexity index is 847. The minimum absolute atomic E-state index is 0.350. The van der Waals surface area contributed by atoms with Gasteiger partial charge in [-0.25, -0.2) is 4.79 Å². The van der Waals surface area contributed by atoms with Crippen LogP contribution in [0.4, 0.5) is 10.5 Å². The summed E-state index contributed by atoms with van der Waals surface area (Å²) < 4.78 is 7.11. The molecule has 0 fully saturated rings. The summed E-state index contributed by atoms with van der Waals surface area (Å²) in [5, 5.41) is 2.80. The lowest BCUT2D eigenvalue weighted by molar-refractivity contribution is 0.168. The third-order valence-electron chi connectivity index (χ3n) is 4.26. The molecule has 2 aromatic rings. The Morgan fingerprint density at radius 3 is 2.92 bits per heavy atom. The lowest BCUT2D eigenvalue weighted by Gasteiger charge is -2.14. The van der Waals surface area contributed by atoms with Gasteiger partial charge in [0, 0.05) is 30.2 Å². The molecule has 1 aliphatic heterocycles. The molecule has 0 saturated carbocycles. The molecule has 5 heteroatoms. The third kappa shape index (κ3) is 4.06. The second-order valence-corrected chi connectivity index (χ2v) is 6.47. The van der Waals surface area contributed by atoms with E-state index in [1.165, 1.54) is 5.57 Å². The highest BCUT2D eigenvalue weighted by Crippen LogP contribution is 2.33. The average molecular weight is 351 g/mol. The standard InChI is InChI=1S/C21H25N3O2/c1-4-26-21(25)22-17-10-9-16-11-14-24-13-6-8-20(24)18(19(16)15-17)7-5-12-23(2)3/h6-11,13-15H,4-5,12H2,1-3H3,(H,22,25)/b18-7+. The van der Waals surface area contributed by atoms with Gasteiger partial charge in [0.1, 0.15) is 0 Å². The molecule has 3 rings (SSSR count). The minimum atomic E-state index is -0.432. The van der Waals surface area contributed by atoms with Gasteiger partial charge < -0.3 is 14.2 Å². The molecule has 0 bridgehead atoms. The molecule has 1 amide bonds. The molecule has 0 atom stereocenters. The van der Waals surface area contributed by atoms with Crippen LogP contribution in [0.25, 0.3) is 17.8 Å². The van der Waals surface area contributed by atoms with Crippen molar-refractivity contribution < 1.29 is 9.53 Å². The van der Waals surface area contributed by atoms with E-state index in [0.29, 0.717) is 6.61 Å². The normalized spacial score (nSPS) is 14.1. The highest BCUT2D eigenvalue weighted by molar-refractivity contribution is 5.91. The Kier molecular flexibility index (Phi) is 5.58. The van der Waals surface area contributed by atoms with E-state index in [9.17, 15) is 4.79 Å². The minimum Gasteiger partial charge on any atom is -0.450 e. The van der Waals surface area contributed by atoms with E-state index in [1.54, 1.807) is 6.92 Å². The van der Waals surface area contributed by atoms with E-state index in [4.69, 9.17) is 4.74 Å². The summed E-state index contributed by atoms with van der Waals surface area (Å²) in [4.78, 5) is 13.9. The van der Waals surface area contributed by atoms with E-state index in [2.05, 4.69) is 59.5 Å². The predicted molar refractivity (Wildman–Crippen MR) is 107 cm³/mol. The Morgan fingerprint density at radius 1 is 1.31 bits per heavy atom. The molecule has 1 aliphatic rings. The summed E-state index contributed by atoms with van der Waals surface area (Å²) >= 11 is 0. The van der Waals surface area contributed by atoms with Crippen molar-refractivity contribution in [1.29, 1.82) is 0 Å². The fourth-order valence-electron chi connectivity index (χ4n) is 3.03. The summed E-state index contributed by atoms with van der Waals surface area (Å²) in [6.07, 6.45) is 9.00. The number of hydrogen-bond acceptors (Lipinski definition) is 3. The molecule has 1 aromatic heterocycles.